The number of dihydropyridines is 1. The van der Waals surface area contributed by atoms with Crippen LogP contribution < -0.4 is 10.6 Å². The molecule has 0 amide bonds. The van der Waals surface area contributed by atoms with Crippen molar-refractivity contribution in [1.29, 1.82) is 5.26 Å². The molecule has 1 saturated heterocycles. The maximum Gasteiger partial charge on any atom is 0.0970 e. The summed E-state index contributed by atoms with van der Waals surface area (Å²) in [6, 6.07) is 12.8. The molecule has 4 rings (SSSR count). The number of rotatable bonds is 5. The molecule has 1 aliphatic carbocycles. The van der Waals surface area contributed by atoms with Crippen LogP contribution in [0, 0.1) is 11.3 Å². The molecule has 2 aliphatic heterocycles. The van der Waals surface area contributed by atoms with Gasteiger partial charge in [-0.2, -0.15) is 5.26 Å². The van der Waals surface area contributed by atoms with E-state index in [0.29, 0.717) is 0 Å². The number of allylic oxidation sites excluding steroid dienone is 12. The second kappa shape index (κ2) is 9.73. The Kier molecular flexibility index (Phi) is 6.39. The molecular formula is C27H25N3. The van der Waals surface area contributed by atoms with Gasteiger partial charge in [-0.05, 0) is 60.4 Å². The summed E-state index contributed by atoms with van der Waals surface area (Å²) >= 11 is 0. The van der Waals surface area contributed by atoms with E-state index in [2.05, 4.69) is 95.7 Å². The molecule has 1 aromatic rings. The third kappa shape index (κ3) is 5.05. The third-order valence-electron chi connectivity index (χ3n) is 5.23. The Morgan fingerprint density at radius 3 is 2.47 bits per heavy atom. The summed E-state index contributed by atoms with van der Waals surface area (Å²) in [7, 11) is 0. The normalized spacial score (nSPS) is 22.5. The average molecular weight is 392 g/mol. The summed E-state index contributed by atoms with van der Waals surface area (Å²) in [4.78, 5) is 0. The monoisotopic (exact) mass is 391 g/mol. The minimum atomic E-state index is 0.151. The maximum atomic E-state index is 9.77. The first-order valence-corrected chi connectivity index (χ1v) is 10.3. The minimum absolute atomic E-state index is 0.151. The van der Waals surface area contributed by atoms with Crippen LogP contribution in [0.1, 0.15) is 18.4 Å². The molecule has 0 saturated carbocycles. The summed E-state index contributed by atoms with van der Waals surface area (Å²) in [5, 5.41) is 16.6. The zero-order chi connectivity index (χ0) is 20.6. The lowest BCUT2D eigenvalue weighted by Crippen LogP contribution is -2.44. The Labute approximate surface area is 178 Å². The van der Waals surface area contributed by atoms with Crippen molar-refractivity contribution in [3.05, 3.63) is 125 Å². The summed E-state index contributed by atoms with van der Waals surface area (Å²) in [6.45, 7) is 0.969. The molecule has 3 nitrogen and oxygen atoms in total. The Morgan fingerprint density at radius 2 is 1.77 bits per heavy atom. The molecule has 1 unspecified atom stereocenters. The molecule has 1 fully saturated rings. The number of nitrogens with one attached hydrogen (secondary N) is 2. The molecule has 0 bridgehead atoms. The van der Waals surface area contributed by atoms with E-state index < -0.39 is 0 Å². The highest BCUT2D eigenvalue weighted by atomic mass is 15.0. The van der Waals surface area contributed by atoms with Crippen LogP contribution in [0.2, 0.25) is 0 Å². The van der Waals surface area contributed by atoms with Crippen LogP contribution in [0.5, 0.6) is 0 Å². The van der Waals surface area contributed by atoms with Gasteiger partial charge in [0.15, 0.2) is 0 Å². The standard InChI is InChI=1S/C27H25N3/c28-20-26(27-16-17-29-27)23-18-24(14-12-21-8-4-1-2-5-9-21)30-25(19-23)15-13-22-10-6-3-7-11-22/h1,3-15,18-19,27,29-30H,2,16-17H2/b14-12+,15-13+,26-23+. The number of hydrogen-bond donors (Lipinski definition) is 2. The summed E-state index contributed by atoms with van der Waals surface area (Å²) in [5.41, 5.74) is 5.98. The number of nitriles is 1. The van der Waals surface area contributed by atoms with Crippen LogP contribution in [0.25, 0.3) is 6.08 Å². The summed E-state index contributed by atoms with van der Waals surface area (Å²) < 4.78 is 0. The van der Waals surface area contributed by atoms with Crippen LogP contribution in [0.15, 0.2) is 119 Å². The van der Waals surface area contributed by atoms with Crippen molar-refractivity contribution >= 4 is 6.08 Å². The molecule has 1 atom stereocenters. The number of hydrogen-bond acceptors (Lipinski definition) is 3. The smallest absolute Gasteiger partial charge is 0.0970 e. The number of nitrogens with zero attached hydrogens (tertiary/aromatic N) is 1. The highest BCUT2D eigenvalue weighted by molar-refractivity contribution is 5.58. The van der Waals surface area contributed by atoms with Crippen LogP contribution in [-0.2, 0) is 0 Å². The molecule has 0 spiro atoms. The van der Waals surface area contributed by atoms with Gasteiger partial charge in [-0.15, -0.1) is 0 Å². The van der Waals surface area contributed by atoms with Gasteiger partial charge in [-0.3, -0.25) is 0 Å². The Bertz CT molecular complexity index is 1060. The summed E-state index contributed by atoms with van der Waals surface area (Å²) in [6.07, 6.45) is 25.0. The van der Waals surface area contributed by atoms with Crippen molar-refractivity contribution in [3.63, 3.8) is 0 Å². The predicted molar refractivity (Wildman–Crippen MR) is 124 cm³/mol. The Morgan fingerprint density at radius 1 is 1.00 bits per heavy atom. The molecule has 3 aliphatic rings. The molecule has 0 aromatic heterocycles. The molecule has 2 heterocycles. The average Bonchev–Trinajstić information content (AvgIpc) is 3.03. The summed E-state index contributed by atoms with van der Waals surface area (Å²) in [5.74, 6) is 0. The Hall–Kier alpha value is -3.61. The topological polar surface area (TPSA) is 47.9 Å². The van der Waals surface area contributed by atoms with E-state index in [1.807, 2.05) is 18.2 Å². The Balaban J connectivity index is 1.63. The quantitative estimate of drug-likeness (QED) is 0.674. The van der Waals surface area contributed by atoms with Gasteiger partial charge in [-0.25, -0.2) is 0 Å². The van der Waals surface area contributed by atoms with Crippen molar-refractivity contribution in [2.75, 3.05) is 6.54 Å². The van der Waals surface area contributed by atoms with Crippen molar-refractivity contribution in [2.45, 2.75) is 18.9 Å². The lowest BCUT2D eigenvalue weighted by Gasteiger charge is -2.28. The van der Waals surface area contributed by atoms with Crippen molar-refractivity contribution in [1.82, 2.24) is 10.6 Å². The van der Waals surface area contributed by atoms with Crippen LogP contribution in [0.4, 0.5) is 0 Å². The van der Waals surface area contributed by atoms with E-state index in [1.165, 1.54) is 0 Å². The van der Waals surface area contributed by atoms with Gasteiger partial charge in [0.1, 0.15) is 0 Å². The molecular weight excluding hydrogens is 366 g/mol. The zero-order valence-corrected chi connectivity index (χ0v) is 16.9. The van der Waals surface area contributed by atoms with E-state index in [9.17, 15) is 5.26 Å². The molecule has 30 heavy (non-hydrogen) atoms. The van der Waals surface area contributed by atoms with Gasteiger partial charge in [0.2, 0.25) is 0 Å². The molecule has 2 N–H and O–H groups in total. The molecule has 148 valence electrons. The van der Waals surface area contributed by atoms with Gasteiger partial charge < -0.3 is 10.6 Å². The second-order valence-electron chi connectivity index (χ2n) is 7.41. The van der Waals surface area contributed by atoms with E-state index >= 15 is 0 Å². The van der Waals surface area contributed by atoms with Crippen LogP contribution >= 0.6 is 0 Å². The van der Waals surface area contributed by atoms with E-state index in [0.717, 1.165) is 53.1 Å². The van der Waals surface area contributed by atoms with Gasteiger partial charge in [-0.1, -0.05) is 72.9 Å². The van der Waals surface area contributed by atoms with Gasteiger partial charge in [0, 0.05) is 17.4 Å². The van der Waals surface area contributed by atoms with Crippen LogP contribution in [0.3, 0.4) is 0 Å². The van der Waals surface area contributed by atoms with E-state index in [4.69, 9.17) is 0 Å². The molecule has 3 heteroatoms. The van der Waals surface area contributed by atoms with Gasteiger partial charge in [0.25, 0.3) is 0 Å². The fraction of sp³-hybridized carbons (Fsp3) is 0.148. The highest BCUT2D eigenvalue weighted by Crippen LogP contribution is 2.24. The predicted octanol–water partition coefficient (Wildman–Crippen LogP) is 5.25. The van der Waals surface area contributed by atoms with Crippen molar-refractivity contribution < 1.29 is 0 Å². The number of benzene rings is 1. The first-order valence-electron chi connectivity index (χ1n) is 10.3. The zero-order valence-electron chi connectivity index (χ0n) is 16.9. The molecule has 1 aromatic carbocycles. The van der Waals surface area contributed by atoms with Crippen LogP contribution in [-0.4, -0.2) is 12.6 Å². The maximum absolute atomic E-state index is 9.77. The minimum Gasteiger partial charge on any atom is -0.355 e. The fourth-order valence-corrected chi connectivity index (χ4v) is 3.47. The van der Waals surface area contributed by atoms with E-state index in [-0.39, 0.29) is 6.04 Å². The fourth-order valence-electron chi connectivity index (χ4n) is 3.47. The van der Waals surface area contributed by atoms with Gasteiger partial charge >= 0.3 is 0 Å². The third-order valence-corrected chi connectivity index (χ3v) is 5.23. The highest BCUT2D eigenvalue weighted by Gasteiger charge is 2.24. The molecule has 0 radical (unpaired) electrons. The SMILES string of the molecule is N#C/C(=C1C=C(/C=C/C2=CC=CCC=C2)NC(/C=C/c2ccccc2)=C/1)C1CCN1. The van der Waals surface area contributed by atoms with E-state index in [1.54, 1.807) is 0 Å². The first kappa shape index (κ1) is 19.7. The van der Waals surface area contributed by atoms with Crippen molar-refractivity contribution in [2.24, 2.45) is 0 Å². The lowest BCUT2D eigenvalue weighted by atomic mass is 9.92. The lowest BCUT2D eigenvalue weighted by molar-refractivity contribution is 0.424. The largest absolute Gasteiger partial charge is 0.355 e. The first-order chi connectivity index (χ1) is 14.8. The van der Waals surface area contributed by atoms with Crippen molar-refractivity contribution in [3.8, 4) is 6.07 Å². The van der Waals surface area contributed by atoms with Gasteiger partial charge in [0.05, 0.1) is 11.6 Å². The second-order valence-corrected chi connectivity index (χ2v) is 7.41.